The van der Waals surface area contributed by atoms with Gasteiger partial charge in [-0.2, -0.15) is 0 Å². The molecule has 3 rings (SSSR count). The Hall–Kier alpha value is -0.540. The van der Waals surface area contributed by atoms with Crippen molar-refractivity contribution < 1.29 is 4.74 Å². The minimum Gasteiger partial charge on any atom is -0.487 e. The van der Waals surface area contributed by atoms with Gasteiger partial charge in [0.25, 0.3) is 0 Å². The molecule has 1 heterocycles. The van der Waals surface area contributed by atoms with Crippen LogP contribution < -0.4 is 10.5 Å². The third-order valence-electron chi connectivity index (χ3n) is 5.42. The van der Waals surface area contributed by atoms with Crippen molar-refractivity contribution in [1.82, 2.24) is 0 Å². The van der Waals surface area contributed by atoms with Crippen molar-refractivity contribution in [3.63, 3.8) is 0 Å². The summed E-state index contributed by atoms with van der Waals surface area (Å²) in [5, 5.41) is 0. The number of fused-ring (bicyclic) bond motifs is 1. The van der Waals surface area contributed by atoms with E-state index < -0.39 is 0 Å². The Morgan fingerprint density at radius 2 is 1.90 bits per heavy atom. The molecule has 1 spiro atoms. The Kier molecular flexibility index (Phi) is 3.86. The second-order valence-corrected chi connectivity index (χ2v) is 8.83. The standard InChI is InChI=1S/C18H26BrNO/c1-17(2,3)12-6-8-18(9-7-12)11-15(20)14-5-4-13(19)10-16(14)21-18/h4-5,10,12,15H,6-9,11,20H2,1-3H3/t12?,15-,18?/m1/s1. The number of hydrogen-bond acceptors (Lipinski definition) is 2. The monoisotopic (exact) mass is 351 g/mol. The van der Waals surface area contributed by atoms with Crippen LogP contribution in [0.3, 0.4) is 0 Å². The van der Waals surface area contributed by atoms with Gasteiger partial charge < -0.3 is 10.5 Å². The zero-order valence-electron chi connectivity index (χ0n) is 13.3. The lowest BCUT2D eigenvalue weighted by atomic mass is 9.66. The predicted molar refractivity (Wildman–Crippen MR) is 90.5 cm³/mol. The quantitative estimate of drug-likeness (QED) is 0.696. The highest BCUT2D eigenvalue weighted by Crippen LogP contribution is 2.49. The van der Waals surface area contributed by atoms with E-state index in [0.717, 1.165) is 41.0 Å². The van der Waals surface area contributed by atoms with Crippen LogP contribution in [0.2, 0.25) is 0 Å². The van der Waals surface area contributed by atoms with E-state index in [1.807, 2.05) is 0 Å². The molecule has 3 heteroatoms. The lowest BCUT2D eigenvalue weighted by molar-refractivity contribution is -0.0254. The first-order chi connectivity index (χ1) is 9.79. The van der Waals surface area contributed by atoms with Crippen molar-refractivity contribution in [1.29, 1.82) is 0 Å². The zero-order chi connectivity index (χ0) is 15.3. The van der Waals surface area contributed by atoms with Crippen LogP contribution in [-0.2, 0) is 0 Å². The summed E-state index contributed by atoms with van der Waals surface area (Å²) in [6.45, 7) is 7.07. The van der Waals surface area contributed by atoms with E-state index in [4.69, 9.17) is 10.5 Å². The third-order valence-corrected chi connectivity index (χ3v) is 5.91. The highest BCUT2D eigenvalue weighted by molar-refractivity contribution is 9.10. The van der Waals surface area contributed by atoms with Crippen LogP contribution in [0.15, 0.2) is 22.7 Å². The van der Waals surface area contributed by atoms with E-state index in [-0.39, 0.29) is 11.6 Å². The molecule has 1 aliphatic carbocycles. The summed E-state index contributed by atoms with van der Waals surface area (Å²) >= 11 is 3.54. The molecule has 1 aliphatic heterocycles. The summed E-state index contributed by atoms with van der Waals surface area (Å²) in [5.41, 5.74) is 7.95. The molecular formula is C18H26BrNO. The largest absolute Gasteiger partial charge is 0.487 e. The van der Waals surface area contributed by atoms with Gasteiger partial charge in [-0.25, -0.2) is 0 Å². The number of benzene rings is 1. The Morgan fingerprint density at radius 1 is 1.24 bits per heavy atom. The number of rotatable bonds is 0. The molecule has 21 heavy (non-hydrogen) atoms. The molecule has 0 unspecified atom stereocenters. The van der Waals surface area contributed by atoms with Crippen molar-refractivity contribution in [2.24, 2.45) is 17.1 Å². The Balaban J connectivity index is 1.80. The number of hydrogen-bond donors (Lipinski definition) is 1. The van der Waals surface area contributed by atoms with Crippen LogP contribution in [-0.4, -0.2) is 5.60 Å². The van der Waals surface area contributed by atoms with Gasteiger partial charge in [-0.1, -0.05) is 42.8 Å². The van der Waals surface area contributed by atoms with E-state index in [2.05, 4.69) is 54.9 Å². The minimum absolute atomic E-state index is 0.0328. The summed E-state index contributed by atoms with van der Waals surface area (Å²) in [6, 6.07) is 6.33. The topological polar surface area (TPSA) is 35.2 Å². The molecule has 1 aromatic rings. The van der Waals surface area contributed by atoms with Gasteiger partial charge in [0.15, 0.2) is 0 Å². The van der Waals surface area contributed by atoms with Crippen LogP contribution in [0.5, 0.6) is 5.75 Å². The summed E-state index contributed by atoms with van der Waals surface area (Å²) in [7, 11) is 0. The van der Waals surface area contributed by atoms with E-state index in [0.29, 0.717) is 5.41 Å². The smallest absolute Gasteiger partial charge is 0.126 e. The van der Waals surface area contributed by atoms with Crippen molar-refractivity contribution in [3.8, 4) is 5.75 Å². The number of halogens is 1. The van der Waals surface area contributed by atoms with Crippen LogP contribution >= 0.6 is 15.9 Å². The molecule has 1 fully saturated rings. The first-order valence-corrected chi connectivity index (χ1v) is 8.82. The van der Waals surface area contributed by atoms with Gasteiger partial charge in [0.05, 0.1) is 0 Å². The molecule has 2 N–H and O–H groups in total. The fourth-order valence-electron chi connectivity index (χ4n) is 4.00. The average molecular weight is 352 g/mol. The van der Waals surface area contributed by atoms with Gasteiger partial charge in [0.1, 0.15) is 11.4 Å². The molecule has 1 saturated carbocycles. The SMILES string of the molecule is CC(C)(C)C1CCC2(CC1)C[C@@H](N)c1ccc(Br)cc1O2. The predicted octanol–water partition coefficient (Wildman–Crippen LogP) is 5.21. The average Bonchev–Trinajstić information content (AvgIpc) is 2.37. The van der Waals surface area contributed by atoms with Crippen molar-refractivity contribution in [2.75, 3.05) is 0 Å². The molecule has 2 aliphatic rings. The molecule has 0 amide bonds. The molecule has 0 bridgehead atoms. The molecule has 1 atom stereocenters. The highest BCUT2D eigenvalue weighted by Gasteiger charge is 2.44. The number of ether oxygens (including phenoxy) is 1. The Labute approximate surface area is 136 Å². The van der Waals surface area contributed by atoms with Gasteiger partial charge in [-0.05, 0) is 49.1 Å². The van der Waals surface area contributed by atoms with E-state index in [9.17, 15) is 0 Å². The summed E-state index contributed by atoms with van der Waals surface area (Å²) < 4.78 is 7.53. The molecule has 116 valence electrons. The fraction of sp³-hybridized carbons (Fsp3) is 0.667. The van der Waals surface area contributed by atoms with Crippen molar-refractivity contribution in [3.05, 3.63) is 28.2 Å². The van der Waals surface area contributed by atoms with Gasteiger partial charge in [-0.3, -0.25) is 0 Å². The molecule has 2 nitrogen and oxygen atoms in total. The summed E-state index contributed by atoms with van der Waals surface area (Å²) in [4.78, 5) is 0. The lowest BCUT2D eigenvalue weighted by Crippen LogP contribution is -2.46. The fourth-order valence-corrected chi connectivity index (χ4v) is 4.34. The van der Waals surface area contributed by atoms with Crippen LogP contribution in [0.25, 0.3) is 0 Å². The van der Waals surface area contributed by atoms with Crippen LogP contribution in [0.1, 0.15) is 64.5 Å². The maximum absolute atomic E-state index is 6.46. The molecule has 0 saturated heterocycles. The molecular weight excluding hydrogens is 326 g/mol. The minimum atomic E-state index is -0.0328. The number of nitrogens with two attached hydrogens (primary N) is 1. The normalized spacial score (nSPS) is 32.6. The second-order valence-electron chi connectivity index (χ2n) is 7.92. The van der Waals surface area contributed by atoms with E-state index in [1.54, 1.807) is 0 Å². The maximum Gasteiger partial charge on any atom is 0.126 e. The molecule has 1 aromatic carbocycles. The van der Waals surface area contributed by atoms with Crippen molar-refractivity contribution in [2.45, 2.75) is 64.5 Å². The lowest BCUT2D eigenvalue weighted by Gasteiger charge is -2.47. The molecule has 0 aromatic heterocycles. The van der Waals surface area contributed by atoms with Crippen molar-refractivity contribution >= 4 is 15.9 Å². The van der Waals surface area contributed by atoms with Crippen LogP contribution in [0, 0.1) is 11.3 Å². The highest BCUT2D eigenvalue weighted by atomic mass is 79.9. The van der Waals surface area contributed by atoms with Gasteiger partial charge in [-0.15, -0.1) is 0 Å². The summed E-state index contributed by atoms with van der Waals surface area (Å²) in [6.07, 6.45) is 5.72. The Bertz CT molecular complexity index is 527. The molecule has 0 radical (unpaired) electrons. The second kappa shape index (κ2) is 5.27. The van der Waals surface area contributed by atoms with Crippen LogP contribution in [0.4, 0.5) is 0 Å². The maximum atomic E-state index is 6.46. The Morgan fingerprint density at radius 3 is 2.52 bits per heavy atom. The van der Waals surface area contributed by atoms with E-state index >= 15 is 0 Å². The summed E-state index contributed by atoms with van der Waals surface area (Å²) in [5.74, 6) is 1.78. The third kappa shape index (κ3) is 3.00. The zero-order valence-corrected chi connectivity index (χ0v) is 14.9. The first-order valence-electron chi connectivity index (χ1n) is 8.03. The van der Waals surface area contributed by atoms with Gasteiger partial charge in [0, 0.05) is 22.5 Å². The van der Waals surface area contributed by atoms with E-state index in [1.165, 1.54) is 12.8 Å². The first kappa shape index (κ1) is 15.4. The van der Waals surface area contributed by atoms with Gasteiger partial charge in [0.2, 0.25) is 0 Å². The van der Waals surface area contributed by atoms with Gasteiger partial charge >= 0.3 is 0 Å².